The first-order valence-corrected chi connectivity index (χ1v) is 7.05. The molecule has 0 aliphatic carbocycles. The Morgan fingerprint density at radius 3 is 2.38 bits per heavy atom. The molecule has 2 rings (SSSR count). The van der Waals surface area contributed by atoms with Crippen molar-refractivity contribution in [1.29, 1.82) is 0 Å². The third kappa shape index (κ3) is 2.97. The molecule has 21 heavy (non-hydrogen) atoms. The van der Waals surface area contributed by atoms with Crippen molar-refractivity contribution >= 4 is 5.91 Å². The molecule has 1 amide bonds. The second kappa shape index (κ2) is 5.93. The summed E-state index contributed by atoms with van der Waals surface area (Å²) in [7, 11) is 3.11. The van der Waals surface area contributed by atoms with E-state index in [1.54, 1.807) is 26.4 Å². The highest BCUT2D eigenvalue weighted by atomic mass is 16.5. The van der Waals surface area contributed by atoms with Crippen molar-refractivity contribution in [2.24, 2.45) is 0 Å². The van der Waals surface area contributed by atoms with Gasteiger partial charge in [-0.15, -0.1) is 0 Å². The van der Waals surface area contributed by atoms with E-state index in [1.807, 2.05) is 31.7 Å². The fourth-order valence-corrected chi connectivity index (χ4v) is 2.54. The normalized spacial score (nSPS) is 21.0. The van der Waals surface area contributed by atoms with Gasteiger partial charge in [-0.3, -0.25) is 4.79 Å². The summed E-state index contributed by atoms with van der Waals surface area (Å²) in [6.45, 7) is 7.02. The van der Waals surface area contributed by atoms with E-state index in [9.17, 15) is 4.79 Å². The SMILES string of the molecule is COc1cccc(OC)c1C(=O)N1CC(C)OCC1(C)C. The summed E-state index contributed by atoms with van der Waals surface area (Å²) in [5.41, 5.74) is 0.0970. The number of hydrogen-bond acceptors (Lipinski definition) is 4. The van der Waals surface area contributed by atoms with Gasteiger partial charge in [-0.05, 0) is 32.9 Å². The van der Waals surface area contributed by atoms with Gasteiger partial charge in [0.2, 0.25) is 0 Å². The maximum Gasteiger partial charge on any atom is 0.262 e. The van der Waals surface area contributed by atoms with Crippen molar-refractivity contribution in [1.82, 2.24) is 4.90 Å². The number of morpholine rings is 1. The molecule has 1 aromatic rings. The Bertz CT molecular complexity index is 505. The van der Waals surface area contributed by atoms with Crippen LogP contribution in [0.15, 0.2) is 18.2 Å². The Labute approximate surface area is 125 Å². The summed E-state index contributed by atoms with van der Waals surface area (Å²) in [5.74, 6) is 0.952. The number of benzene rings is 1. The third-order valence-electron chi connectivity index (χ3n) is 3.78. The molecule has 0 bridgehead atoms. The summed E-state index contributed by atoms with van der Waals surface area (Å²) in [6, 6.07) is 5.35. The Hall–Kier alpha value is -1.75. The van der Waals surface area contributed by atoms with Crippen LogP contribution in [0.5, 0.6) is 11.5 Å². The van der Waals surface area contributed by atoms with E-state index in [0.717, 1.165) is 0 Å². The van der Waals surface area contributed by atoms with Crippen LogP contribution in [-0.4, -0.2) is 49.8 Å². The second-order valence-electron chi connectivity index (χ2n) is 5.89. The van der Waals surface area contributed by atoms with Gasteiger partial charge in [-0.2, -0.15) is 0 Å². The molecule has 1 atom stereocenters. The maximum atomic E-state index is 13.0. The van der Waals surface area contributed by atoms with Crippen molar-refractivity contribution in [3.63, 3.8) is 0 Å². The number of methoxy groups -OCH3 is 2. The standard InChI is InChI=1S/C16H23NO4/c1-11-9-17(16(2,3)10-21-11)15(18)14-12(19-4)7-6-8-13(14)20-5/h6-8,11H,9-10H2,1-5H3. The molecule has 1 fully saturated rings. The van der Waals surface area contributed by atoms with Crippen molar-refractivity contribution in [2.45, 2.75) is 32.4 Å². The lowest BCUT2D eigenvalue weighted by molar-refractivity contribution is -0.0757. The number of carbonyl (C=O) groups excluding carboxylic acids is 1. The Kier molecular flexibility index (Phi) is 4.42. The molecule has 1 saturated heterocycles. The minimum Gasteiger partial charge on any atom is -0.496 e. The predicted molar refractivity (Wildman–Crippen MR) is 80.1 cm³/mol. The molecule has 5 nitrogen and oxygen atoms in total. The molecule has 0 spiro atoms. The molecule has 0 saturated carbocycles. The highest BCUT2D eigenvalue weighted by Gasteiger charge is 2.38. The lowest BCUT2D eigenvalue weighted by Gasteiger charge is -2.44. The number of rotatable bonds is 3. The number of amides is 1. The lowest BCUT2D eigenvalue weighted by Crippen LogP contribution is -2.57. The van der Waals surface area contributed by atoms with Crippen LogP contribution in [0.1, 0.15) is 31.1 Å². The largest absolute Gasteiger partial charge is 0.496 e. The van der Waals surface area contributed by atoms with Gasteiger partial charge in [0.15, 0.2) is 0 Å². The van der Waals surface area contributed by atoms with Gasteiger partial charge in [0.25, 0.3) is 5.91 Å². The van der Waals surface area contributed by atoms with E-state index in [4.69, 9.17) is 14.2 Å². The van der Waals surface area contributed by atoms with Gasteiger partial charge < -0.3 is 19.1 Å². The van der Waals surface area contributed by atoms with Gasteiger partial charge in [-0.25, -0.2) is 0 Å². The van der Waals surface area contributed by atoms with Gasteiger partial charge in [0, 0.05) is 6.54 Å². The van der Waals surface area contributed by atoms with Crippen LogP contribution in [0.25, 0.3) is 0 Å². The van der Waals surface area contributed by atoms with Crippen LogP contribution >= 0.6 is 0 Å². The first kappa shape index (κ1) is 15.6. The first-order valence-electron chi connectivity index (χ1n) is 7.05. The molecule has 0 N–H and O–H groups in total. The van der Waals surface area contributed by atoms with Crippen LogP contribution in [-0.2, 0) is 4.74 Å². The fourth-order valence-electron chi connectivity index (χ4n) is 2.54. The molecule has 1 aliphatic heterocycles. The van der Waals surface area contributed by atoms with Crippen LogP contribution < -0.4 is 9.47 Å². The molecule has 1 aliphatic rings. The van der Waals surface area contributed by atoms with Crippen LogP contribution in [0.2, 0.25) is 0 Å². The van der Waals surface area contributed by atoms with E-state index >= 15 is 0 Å². The smallest absolute Gasteiger partial charge is 0.262 e. The average molecular weight is 293 g/mol. The fraction of sp³-hybridized carbons (Fsp3) is 0.562. The summed E-state index contributed by atoms with van der Waals surface area (Å²) in [5, 5.41) is 0. The van der Waals surface area contributed by atoms with Gasteiger partial charge in [0.05, 0.1) is 32.5 Å². The molecule has 5 heteroatoms. The number of nitrogens with zero attached hydrogens (tertiary/aromatic N) is 1. The second-order valence-corrected chi connectivity index (χ2v) is 5.89. The summed E-state index contributed by atoms with van der Waals surface area (Å²) >= 11 is 0. The lowest BCUT2D eigenvalue weighted by atomic mass is 9.98. The number of carbonyl (C=O) groups is 1. The molecule has 1 unspecified atom stereocenters. The molecular formula is C16H23NO4. The van der Waals surface area contributed by atoms with Crippen molar-refractivity contribution in [2.75, 3.05) is 27.4 Å². The average Bonchev–Trinajstić information content (AvgIpc) is 2.48. The molecule has 0 aromatic heterocycles. The monoisotopic (exact) mass is 293 g/mol. The van der Waals surface area contributed by atoms with Crippen molar-refractivity contribution < 1.29 is 19.0 Å². The highest BCUT2D eigenvalue weighted by Crippen LogP contribution is 2.33. The summed E-state index contributed by atoms with van der Waals surface area (Å²) in [6.07, 6.45) is 0.0164. The zero-order valence-electron chi connectivity index (χ0n) is 13.3. The first-order chi connectivity index (χ1) is 9.90. The Balaban J connectivity index is 2.43. The van der Waals surface area contributed by atoms with Gasteiger partial charge >= 0.3 is 0 Å². The van der Waals surface area contributed by atoms with Crippen LogP contribution in [0.4, 0.5) is 0 Å². The minimum absolute atomic E-state index is 0.0164. The van der Waals surface area contributed by atoms with E-state index < -0.39 is 0 Å². The molecule has 1 heterocycles. The molecule has 1 aromatic carbocycles. The molecule has 0 radical (unpaired) electrons. The molecular weight excluding hydrogens is 270 g/mol. The Morgan fingerprint density at radius 2 is 1.86 bits per heavy atom. The van der Waals surface area contributed by atoms with Crippen molar-refractivity contribution in [3.8, 4) is 11.5 Å². The zero-order chi connectivity index (χ0) is 15.6. The topological polar surface area (TPSA) is 48.0 Å². The summed E-state index contributed by atoms with van der Waals surface area (Å²) in [4.78, 5) is 14.9. The number of hydrogen-bond donors (Lipinski definition) is 0. The maximum absolute atomic E-state index is 13.0. The summed E-state index contributed by atoms with van der Waals surface area (Å²) < 4.78 is 16.3. The van der Waals surface area contributed by atoms with E-state index in [2.05, 4.69) is 0 Å². The quantitative estimate of drug-likeness (QED) is 0.858. The van der Waals surface area contributed by atoms with Gasteiger partial charge in [0.1, 0.15) is 17.1 Å². The highest BCUT2D eigenvalue weighted by molar-refractivity contribution is 6.00. The van der Waals surface area contributed by atoms with Crippen LogP contribution in [0, 0.1) is 0 Å². The van der Waals surface area contributed by atoms with E-state index in [0.29, 0.717) is 30.2 Å². The van der Waals surface area contributed by atoms with Crippen LogP contribution in [0.3, 0.4) is 0 Å². The predicted octanol–water partition coefficient (Wildman–Crippen LogP) is 2.34. The molecule has 116 valence electrons. The van der Waals surface area contributed by atoms with Gasteiger partial charge in [-0.1, -0.05) is 6.07 Å². The van der Waals surface area contributed by atoms with E-state index in [1.165, 1.54) is 0 Å². The Morgan fingerprint density at radius 1 is 1.29 bits per heavy atom. The zero-order valence-corrected chi connectivity index (χ0v) is 13.3. The third-order valence-corrected chi connectivity index (χ3v) is 3.78. The van der Waals surface area contributed by atoms with Crippen molar-refractivity contribution in [3.05, 3.63) is 23.8 Å². The van der Waals surface area contributed by atoms with E-state index in [-0.39, 0.29) is 17.6 Å². The minimum atomic E-state index is -0.366. The number of ether oxygens (including phenoxy) is 3.